The summed E-state index contributed by atoms with van der Waals surface area (Å²) in [4.78, 5) is 0. The average Bonchev–Trinajstić information content (AvgIpc) is 3.10. The molecule has 1 aliphatic carbocycles. The molecule has 1 aromatic carbocycles. The largest absolute Gasteiger partial charge is 0.493 e. The van der Waals surface area contributed by atoms with Crippen LogP contribution in [0.2, 0.25) is 0 Å². The van der Waals surface area contributed by atoms with E-state index >= 15 is 0 Å². The Labute approximate surface area is 122 Å². The zero-order valence-electron chi connectivity index (χ0n) is 11.5. The van der Waals surface area contributed by atoms with E-state index in [0.717, 1.165) is 41.8 Å². The van der Waals surface area contributed by atoms with Crippen LogP contribution in [-0.4, -0.2) is 19.8 Å². The van der Waals surface area contributed by atoms with Crippen molar-refractivity contribution in [2.75, 3.05) is 13.7 Å². The van der Waals surface area contributed by atoms with Gasteiger partial charge in [0.2, 0.25) is 0 Å². The van der Waals surface area contributed by atoms with Crippen molar-refractivity contribution in [1.82, 2.24) is 5.32 Å². The highest BCUT2D eigenvalue weighted by Gasteiger charge is 2.36. The molecule has 1 N–H and O–H groups in total. The molecule has 0 bridgehead atoms. The summed E-state index contributed by atoms with van der Waals surface area (Å²) in [5, 5.41) is 3.61. The highest BCUT2D eigenvalue weighted by molar-refractivity contribution is 9.10. The second-order valence-electron chi connectivity index (χ2n) is 5.66. The molecule has 0 amide bonds. The highest BCUT2D eigenvalue weighted by Crippen LogP contribution is 2.45. The normalized spacial score (nSPS) is 26.5. The quantitative estimate of drug-likeness (QED) is 0.917. The third-order valence-corrected chi connectivity index (χ3v) is 4.47. The Morgan fingerprint density at radius 2 is 2.16 bits per heavy atom. The molecular formula is C15H20BrNO2. The monoisotopic (exact) mass is 325 g/mol. The molecule has 1 atom stereocenters. The van der Waals surface area contributed by atoms with E-state index in [0.29, 0.717) is 6.10 Å². The maximum atomic E-state index is 6.13. The van der Waals surface area contributed by atoms with Crippen molar-refractivity contribution in [3.05, 3.63) is 22.2 Å². The van der Waals surface area contributed by atoms with Gasteiger partial charge in [-0.3, -0.25) is 0 Å². The summed E-state index contributed by atoms with van der Waals surface area (Å²) in [5.74, 6) is 1.75. The van der Waals surface area contributed by atoms with Crippen LogP contribution in [0, 0.1) is 0 Å². The molecule has 0 aromatic heterocycles. The van der Waals surface area contributed by atoms with Crippen molar-refractivity contribution < 1.29 is 9.47 Å². The van der Waals surface area contributed by atoms with Gasteiger partial charge in [-0.1, -0.05) is 15.9 Å². The van der Waals surface area contributed by atoms with Crippen molar-refractivity contribution in [1.29, 1.82) is 0 Å². The number of halogens is 1. The van der Waals surface area contributed by atoms with Crippen LogP contribution in [0.15, 0.2) is 16.6 Å². The Bertz CT molecular complexity index is 479. The Hall–Kier alpha value is -0.740. The molecule has 0 spiro atoms. The summed E-state index contributed by atoms with van der Waals surface area (Å²) in [5.41, 5.74) is 1.20. The van der Waals surface area contributed by atoms with Crippen LogP contribution in [0.25, 0.3) is 0 Å². The topological polar surface area (TPSA) is 30.5 Å². The van der Waals surface area contributed by atoms with E-state index in [9.17, 15) is 0 Å². The second kappa shape index (κ2) is 4.98. The zero-order valence-corrected chi connectivity index (χ0v) is 13.0. The molecule has 4 heteroatoms. The molecule has 2 fully saturated rings. The standard InChI is InChI=1S/C15H20BrNO2/c1-15(6-3-7-17-15)12-8-10(16)9-13(18-2)14(12)19-11-4-5-11/h8-9,11,17H,3-7H2,1-2H3. The van der Waals surface area contributed by atoms with Gasteiger partial charge in [0.25, 0.3) is 0 Å². The van der Waals surface area contributed by atoms with E-state index < -0.39 is 0 Å². The third-order valence-electron chi connectivity index (χ3n) is 4.01. The van der Waals surface area contributed by atoms with E-state index in [1.807, 2.05) is 6.07 Å². The van der Waals surface area contributed by atoms with Gasteiger partial charge in [0.1, 0.15) is 0 Å². The molecule has 0 radical (unpaired) electrons. The van der Waals surface area contributed by atoms with Gasteiger partial charge in [-0.15, -0.1) is 0 Å². The molecule has 19 heavy (non-hydrogen) atoms. The molecule has 1 unspecified atom stereocenters. The van der Waals surface area contributed by atoms with Crippen molar-refractivity contribution in [3.63, 3.8) is 0 Å². The van der Waals surface area contributed by atoms with Crippen LogP contribution in [-0.2, 0) is 5.54 Å². The van der Waals surface area contributed by atoms with Crippen LogP contribution >= 0.6 is 15.9 Å². The predicted molar refractivity (Wildman–Crippen MR) is 78.9 cm³/mol. The maximum absolute atomic E-state index is 6.13. The summed E-state index contributed by atoms with van der Waals surface area (Å²) in [6.45, 7) is 3.31. The van der Waals surface area contributed by atoms with Crippen LogP contribution in [0.5, 0.6) is 11.5 Å². The Morgan fingerprint density at radius 3 is 2.74 bits per heavy atom. The van der Waals surface area contributed by atoms with Gasteiger partial charge < -0.3 is 14.8 Å². The van der Waals surface area contributed by atoms with Crippen molar-refractivity contribution >= 4 is 15.9 Å². The van der Waals surface area contributed by atoms with Crippen molar-refractivity contribution in [3.8, 4) is 11.5 Å². The van der Waals surface area contributed by atoms with Crippen LogP contribution in [0.1, 0.15) is 38.2 Å². The molecule has 2 aliphatic rings. The maximum Gasteiger partial charge on any atom is 0.166 e. The number of nitrogens with one attached hydrogen (secondary N) is 1. The average molecular weight is 326 g/mol. The van der Waals surface area contributed by atoms with Crippen molar-refractivity contribution in [2.24, 2.45) is 0 Å². The van der Waals surface area contributed by atoms with Gasteiger partial charge in [-0.25, -0.2) is 0 Å². The first-order valence-corrected chi connectivity index (χ1v) is 7.71. The fourth-order valence-corrected chi connectivity index (χ4v) is 3.17. The first-order chi connectivity index (χ1) is 9.12. The first-order valence-electron chi connectivity index (χ1n) is 6.92. The Kier molecular flexibility index (Phi) is 3.48. The van der Waals surface area contributed by atoms with Gasteiger partial charge in [0.15, 0.2) is 11.5 Å². The minimum Gasteiger partial charge on any atom is -0.493 e. The summed E-state index contributed by atoms with van der Waals surface area (Å²) < 4.78 is 12.7. The molecule has 3 rings (SSSR count). The summed E-state index contributed by atoms with van der Waals surface area (Å²) in [7, 11) is 1.70. The summed E-state index contributed by atoms with van der Waals surface area (Å²) in [6, 6.07) is 4.15. The summed E-state index contributed by atoms with van der Waals surface area (Å²) >= 11 is 3.58. The molecule has 1 saturated carbocycles. The fraction of sp³-hybridized carbons (Fsp3) is 0.600. The minimum absolute atomic E-state index is 0.0126. The molecule has 1 saturated heterocycles. The van der Waals surface area contributed by atoms with Gasteiger partial charge in [0, 0.05) is 15.6 Å². The van der Waals surface area contributed by atoms with Gasteiger partial charge in [-0.2, -0.15) is 0 Å². The number of hydrogen-bond acceptors (Lipinski definition) is 3. The van der Waals surface area contributed by atoms with E-state index in [4.69, 9.17) is 9.47 Å². The van der Waals surface area contributed by atoms with Crippen LogP contribution < -0.4 is 14.8 Å². The second-order valence-corrected chi connectivity index (χ2v) is 6.58. The SMILES string of the molecule is COc1cc(Br)cc(C2(C)CCCN2)c1OC1CC1. The summed E-state index contributed by atoms with van der Waals surface area (Å²) in [6.07, 6.45) is 5.02. The molecular weight excluding hydrogens is 306 g/mol. The fourth-order valence-electron chi connectivity index (χ4n) is 2.73. The predicted octanol–water partition coefficient (Wildman–Crippen LogP) is 3.60. The molecule has 1 aliphatic heterocycles. The molecule has 1 heterocycles. The zero-order chi connectivity index (χ0) is 13.5. The number of rotatable bonds is 4. The van der Waals surface area contributed by atoms with E-state index in [-0.39, 0.29) is 5.54 Å². The van der Waals surface area contributed by atoms with Gasteiger partial charge in [-0.05, 0) is 51.3 Å². The van der Waals surface area contributed by atoms with Gasteiger partial charge in [0.05, 0.1) is 13.2 Å². The van der Waals surface area contributed by atoms with E-state index in [1.165, 1.54) is 12.0 Å². The first kappa shape index (κ1) is 13.3. The number of methoxy groups -OCH3 is 1. The van der Waals surface area contributed by atoms with Crippen molar-refractivity contribution in [2.45, 2.75) is 44.2 Å². The third kappa shape index (κ3) is 2.61. The van der Waals surface area contributed by atoms with Crippen LogP contribution in [0.3, 0.4) is 0 Å². The molecule has 3 nitrogen and oxygen atoms in total. The van der Waals surface area contributed by atoms with Gasteiger partial charge >= 0.3 is 0 Å². The number of hydrogen-bond donors (Lipinski definition) is 1. The lowest BCUT2D eigenvalue weighted by Gasteiger charge is -2.28. The highest BCUT2D eigenvalue weighted by atomic mass is 79.9. The minimum atomic E-state index is -0.0126. The number of benzene rings is 1. The molecule has 1 aromatic rings. The van der Waals surface area contributed by atoms with E-state index in [2.05, 4.69) is 34.2 Å². The Balaban J connectivity index is 2.06. The number of ether oxygens (including phenoxy) is 2. The van der Waals surface area contributed by atoms with Crippen LogP contribution in [0.4, 0.5) is 0 Å². The lowest BCUT2D eigenvalue weighted by Crippen LogP contribution is -2.33. The smallest absolute Gasteiger partial charge is 0.166 e. The Morgan fingerprint density at radius 1 is 1.37 bits per heavy atom. The van der Waals surface area contributed by atoms with E-state index in [1.54, 1.807) is 7.11 Å². The lowest BCUT2D eigenvalue weighted by molar-refractivity contribution is 0.268. The lowest BCUT2D eigenvalue weighted by atomic mass is 9.89. The molecule has 104 valence electrons.